The number of carbonyl (C=O) groups excluding carboxylic acids is 1. The molecule has 1 heterocycles. The predicted molar refractivity (Wildman–Crippen MR) is 77.7 cm³/mol. The van der Waals surface area contributed by atoms with Gasteiger partial charge in [-0.25, -0.2) is 0 Å². The SMILES string of the molecule is C[C@@H](CCOc1ccccc1)C(=O)N[C@@H]1CCCOC1. The Morgan fingerprint density at radius 2 is 2.25 bits per heavy atom. The molecule has 0 aliphatic carbocycles. The van der Waals surface area contributed by atoms with E-state index in [0.29, 0.717) is 19.6 Å². The van der Waals surface area contributed by atoms with Crippen molar-refractivity contribution in [1.29, 1.82) is 0 Å². The Kier molecular flexibility index (Phi) is 5.87. The van der Waals surface area contributed by atoms with Gasteiger partial charge in [-0.2, -0.15) is 0 Å². The van der Waals surface area contributed by atoms with Gasteiger partial charge in [0.1, 0.15) is 5.75 Å². The number of ether oxygens (including phenoxy) is 2. The number of carbonyl (C=O) groups is 1. The number of para-hydroxylation sites is 1. The van der Waals surface area contributed by atoms with Gasteiger partial charge in [-0.15, -0.1) is 0 Å². The zero-order valence-electron chi connectivity index (χ0n) is 12.0. The molecular formula is C16H23NO3. The van der Waals surface area contributed by atoms with Crippen LogP contribution in [-0.4, -0.2) is 31.8 Å². The molecule has 4 nitrogen and oxygen atoms in total. The lowest BCUT2D eigenvalue weighted by atomic mass is 10.1. The van der Waals surface area contributed by atoms with E-state index in [2.05, 4.69) is 5.32 Å². The van der Waals surface area contributed by atoms with Gasteiger partial charge in [-0.05, 0) is 31.4 Å². The van der Waals surface area contributed by atoms with E-state index in [1.807, 2.05) is 37.3 Å². The van der Waals surface area contributed by atoms with Crippen LogP contribution in [0.4, 0.5) is 0 Å². The van der Waals surface area contributed by atoms with Gasteiger partial charge in [-0.3, -0.25) is 4.79 Å². The normalized spacial score (nSPS) is 20.1. The molecule has 0 spiro atoms. The largest absolute Gasteiger partial charge is 0.494 e. The lowest BCUT2D eigenvalue weighted by molar-refractivity contribution is -0.126. The van der Waals surface area contributed by atoms with Gasteiger partial charge >= 0.3 is 0 Å². The van der Waals surface area contributed by atoms with Crippen LogP contribution in [0.25, 0.3) is 0 Å². The van der Waals surface area contributed by atoms with Gasteiger partial charge in [-0.1, -0.05) is 25.1 Å². The Hall–Kier alpha value is -1.55. The van der Waals surface area contributed by atoms with Crippen LogP contribution in [0.1, 0.15) is 26.2 Å². The van der Waals surface area contributed by atoms with Crippen molar-refractivity contribution in [3.8, 4) is 5.75 Å². The zero-order valence-corrected chi connectivity index (χ0v) is 12.0. The Morgan fingerprint density at radius 3 is 2.95 bits per heavy atom. The molecule has 2 rings (SSSR count). The van der Waals surface area contributed by atoms with Crippen molar-refractivity contribution in [3.63, 3.8) is 0 Å². The van der Waals surface area contributed by atoms with Gasteiger partial charge in [0.05, 0.1) is 19.3 Å². The molecule has 1 fully saturated rings. The third-order valence-corrected chi connectivity index (χ3v) is 3.52. The Labute approximate surface area is 120 Å². The second kappa shape index (κ2) is 7.90. The van der Waals surface area contributed by atoms with Crippen LogP contribution in [0.15, 0.2) is 30.3 Å². The molecule has 0 saturated carbocycles. The highest BCUT2D eigenvalue weighted by molar-refractivity contribution is 5.78. The van der Waals surface area contributed by atoms with E-state index in [1.165, 1.54) is 0 Å². The van der Waals surface area contributed by atoms with Crippen molar-refractivity contribution in [3.05, 3.63) is 30.3 Å². The van der Waals surface area contributed by atoms with E-state index >= 15 is 0 Å². The summed E-state index contributed by atoms with van der Waals surface area (Å²) < 4.78 is 11.0. The molecule has 1 aromatic carbocycles. The fraction of sp³-hybridized carbons (Fsp3) is 0.562. The van der Waals surface area contributed by atoms with Crippen LogP contribution in [-0.2, 0) is 9.53 Å². The van der Waals surface area contributed by atoms with Crippen LogP contribution in [0.2, 0.25) is 0 Å². The number of rotatable bonds is 6. The van der Waals surface area contributed by atoms with Gasteiger partial charge in [0.25, 0.3) is 0 Å². The van der Waals surface area contributed by atoms with Crippen molar-refractivity contribution >= 4 is 5.91 Å². The van der Waals surface area contributed by atoms with Gasteiger partial charge in [0.2, 0.25) is 5.91 Å². The first-order valence-corrected chi connectivity index (χ1v) is 7.31. The minimum atomic E-state index is -0.0411. The van der Waals surface area contributed by atoms with Gasteiger partial charge < -0.3 is 14.8 Å². The van der Waals surface area contributed by atoms with Crippen LogP contribution in [0, 0.1) is 5.92 Å². The fourth-order valence-electron chi connectivity index (χ4n) is 2.20. The van der Waals surface area contributed by atoms with E-state index in [1.54, 1.807) is 0 Å². The third kappa shape index (κ3) is 4.85. The number of hydrogen-bond donors (Lipinski definition) is 1. The number of hydrogen-bond acceptors (Lipinski definition) is 3. The smallest absolute Gasteiger partial charge is 0.223 e. The average molecular weight is 277 g/mol. The van der Waals surface area contributed by atoms with E-state index < -0.39 is 0 Å². The van der Waals surface area contributed by atoms with Gasteiger partial charge in [0, 0.05) is 12.5 Å². The molecule has 1 amide bonds. The molecule has 0 bridgehead atoms. The molecule has 2 atom stereocenters. The van der Waals surface area contributed by atoms with Crippen molar-refractivity contribution in [2.75, 3.05) is 19.8 Å². The minimum Gasteiger partial charge on any atom is -0.494 e. The highest BCUT2D eigenvalue weighted by Crippen LogP contribution is 2.12. The lowest BCUT2D eigenvalue weighted by Gasteiger charge is -2.24. The van der Waals surface area contributed by atoms with E-state index in [-0.39, 0.29) is 17.9 Å². The Bertz CT molecular complexity index is 401. The monoisotopic (exact) mass is 277 g/mol. The molecule has 1 aliphatic heterocycles. The molecule has 110 valence electrons. The molecule has 0 radical (unpaired) electrons. The summed E-state index contributed by atoms with van der Waals surface area (Å²) in [5.74, 6) is 0.901. The maximum atomic E-state index is 12.0. The number of nitrogens with one attached hydrogen (secondary N) is 1. The van der Waals surface area contributed by atoms with Crippen molar-refractivity contribution in [2.45, 2.75) is 32.2 Å². The molecule has 1 aliphatic rings. The zero-order chi connectivity index (χ0) is 14.2. The first-order chi connectivity index (χ1) is 9.75. The van der Waals surface area contributed by atoms with Crippen molar-refractivity contribution in [1.82, 2.24) is 5.32 Å². The third-order valence-electron chi connectivity index (χ3n) is 3.52. The number of amides is 1. The molecule has 4 heteroatoms. The highest BCUT2D eigenvalue weighted by Gasteiger charge is 2.19. The van der Waals surface area contributed by atoms with Crippen LogP contribution >= 0.6 is 0 Å². The number of benzene rings is 1. The average Bonchev–Trinajstić information content (AvgIpc) is 2.49. The predicted octanol–water partition coefficient (Wildman–Crippen LogP) is 2.39. The molecule has 1 N–H and O–H groups in total. The summed E-state index contributed by atoms with van der Waals surface area (Å²) in [5, 5.41) is 3.05. The summed E-state index contributed by atoms with van der Waals surface area (Å²) >= 11 is 0. The molecular weight excluding hydrogens is 254 g/mol. The van der Waals surface area contributed by atoms with E-state index in [4.69, 9.17) is 9.47 Å². The molecule has 20 heavy (non-hydrogen) atoms. The first kappa shape index (κ1) is 14.9. The van der Waals surface area contributed by atoms with Crippen LogP contribution in [0.3, 0.4) is 0 Å². The van der Waals surface area contributed by atoms with Crippen molar-refractivity contribution < 1.29 is 14.3 Å². The van der Waals surface area contributed by atoms with Crippen molar-refractivity contribution in [2.24, 2.45) is 5.92 Å². The maximum absolute atomic E-state index is 12.0. The van der Waals surface area contributed by atoms with Crippen LogP contribution in [0.5, 0.6) is 5.75 Å². The summed E-state index contributed by atoms with van der Waals surface area (Å²) in [6.45, 7) is 3.94. The highest BCUT2D eigenvalue weighted by atomic mass is 16.5. The van der Waals surface area contributed by atoms with E-state index in [9.17, 15) is 4.79 Å². The molecule has 0 unspecified atom stereocenters. The summed E-state index contributed by atoms with van der Waals surface area (Å²) in [4.78, 5) is 12.0. The summed E-state index contributed by atoms with van der Waals surface area (Å²) in [7, 11) is 0. The standard InChI is InChI=1S/C16H23NO3/c1-13(9-11-20-15-7-3-2-4-8-15)16(18)17-14-6-5-10-19-12-14/h2-4,7-8,13-14H,5-6,9-12H2,1H3,(H,17,18)/t13-,14+/m0/s1. The summed E-state index contributed by atoms with van der Waals surface area (Å²) in [5.41, 5.74) is 0. The second-order valence-electron chi connectivity index (χ2n) is 5.27. The molecule has 1 saturated heterocycles. The molecule has 1 aromatic rings. The Balaban J connectivity index is 1.65. The van der Waals surface area contributed by atoms with E-state index in [0.717, 1.165) is 25.2 Å². The summed E-state index contributed by atoms with van der Waals surface area (Å²) in [6.07, 6.45) is 2.75. The first-order valence-electron chi connectivity index (χ1n) is 7.31. The quantitative estimate of drug-likeness (QED) is 0.868. The molecule has 0 aromatic heterocycles. The maximum Gasteiger partial charge on any atom is 0.223 e. The van der Waals surface area contributed by atoms with Crippen LogP contribution < -0.4 is 10.1 Å². The second-order valence-corrected chi connectivity index (χ2v) is 5.27. The minimum absolute atomic E-state index is 0.0411. The van der Waals surface area contributed by atoms with Gasteiger partial charge in [0.15, 0.2) is 0 Å². The fourth-order valence-corrected chi connectivity index (χ4v) is 2.20. The lowest BCUT2D eigenvalue weighted by Crippen LogP contribution is -2.43. The topological polar surface area (TPSA) is 47.6 Å². The Morgan fingerprint density at radius 1 is 1.45 bits per heavy atom. The summed E-state index contributed by atoms with van der Waals surface area (Å²) in [6, 6.07) is 9.85.